The van der Waals surface area contributed by atoms with Gasteiger partial charge in [-0.15, -0.1) is 0 Å². The molecule has 0 aromatic heterocycles. The minimum atomic E-state index is -2.05. The number of carboxylic acid groups (broad SMARTS) is 1. The van der Waals surface area contributed by atoms with Gasteiger partial charge in [0, 0.05) is 5.69 Å². The molecule has 0 heterocycles. The molecule has 2 aromatic rings. The van der Waals surface area contributed by atoms with Gasteiger partial charge in [0.05, 0.1) is 24.3 Å². The molecular formula is C15H11F3NO3-. The minimum Gasteiger partial charge on any atom is -0.545 e. The van der Waals surface area contributed by atoms with Crippen LogP contribution in [0.2, 0.25) is 0 Å². The Kier molecular flexibility index (Phi) is 4.25. The lowest BCUT2D eigenvalue weighted by Gasteiger charge is -2.18. The Morgan fingerprint density at radius 2 is 1.77 bits per heavy atom. The number of benzene rings is 2. The Balaban J connectivity index is 2.71. The van der Waals surface area contributed by atoms with Crippen LogP contribution in [0.3, 0.4) is 0 Å². The Morgan fingerprint density at radius 1 is 1.14 bits per heavy atom. The Labute approximate surface area is 124 Å². The number of halogens is 3. The summed E-state index contributed by atoms with van der Waals surface area (Å²) in [5.74, 6) is -7.90. The number of methoxy groups -OCH3 is 1. The summed E-state index contributed by atoms with van der Waals surface area (Å²) in [5.41, 5.74) is -1.02. The lowest BCUT2D eigenvalue weighted by Crippen LogP contribution is -2.26. The maximum absolute atomic E-state index is 14.3. The number of carbonyl (C=O) groups excluding carboxylic acids is 1. The van der Waals surface area contributed by atoms with Crippen LogP contribution in [-0.4, -0.2) is 13.1 Å². The van der Waals surface area contributed by atoms with Crippen molar-refractivity contribution < 1.29 is 27.8 Å². The van der Waals surface area contributed by atoms with Crippen LogP contribution >= 0.6 is 0 Å². The molecule has 22 heavy (non-hydrogen) atoms. The molecule has 0 saturated heterocycles. The zero-order valence-electron chi connectivity index (χ0n) is 11.7. The largest absolute Gasteiger partial charge is 0.545 e. The fraction of sp³-hybridized carbons (Fsp3) is 0.133. The van der Waals surface area contributed by atoms with Crippen molar-refractivity contribution in [1.82, 2.24) is 0 Å². The van der Waals surface area contributed by atoms with E-state index in [2.05, 4.69) is 10.1 Å². The summed E-state index contributed by atoms with van der Waals surface area (Å²) in [6, 6.07) is 6.53. The number of ether oxygens (including phenoxy) is 1. The first-order valence-electron chi connectivity index (χ1n) is 6.16. The number of nitrogens with one attached hydrogen (secondary N) is 1. The second-order valence-corrected chi connectivity index (χ2v) is 4.45. The molecule has 0 aliphatic rings. The van der Waals surface area contributed by atoms with Gasteiger partial charge in [0.1, 0.15) is 0 Å². The fourth-order valence-electron chi connectivity index (χ4n) is 1.97. The maximum atomic E-state index is 14.3. The van der Waals surface area contributed by atoms with Gasteiger partial charge >= 0.3 is 0 Å². The van der Waals surface area contributed by atoms with Gasteiger partial charge in [0.25, 0.3) is 0 Å². The molecule has 0 amide bonds. The third kappa shape index (κ3) is 2.57. The average molecular weight is 310 g/mol. The highest BCUT2D eigenvalue weighted by atomic mass is 19.2. The minimum absolute atomic E-state index is 0.331. The van der Waals surface area contributed by atoms with Crippen molar-refractivity contribution in [3.8, 4) is 5.75 Å². The number of hydrogen-bond acceptors (Lipinski definition) is 4. The molecule has 0 atom stereocenters. The number of carboxylic acids is 1. The number of anilines is 2. The second kappa shape index (κ2) is 5.97. The van der Waals surface area contributed by atoms with E-state index in [0.29, 0.717) is 11.3 Å². The molecule has 7 heteroatoms. The smallest absolute Gasteiger partial charge is 0.204 e. The molecule has 116 valence electrons. The second-order valence-electron chi connectivity index (χ2n) is 4.45. The zero-order valence-corrected chi connectivity index (χ0v) is 11.7. The van der Waals surface area contributed by atoms with Crippen LogP contribution in [0.4, 0.5) is 24.5 Å². The van der Waals surface area contributed by atoms with E-state index >= 15 is 0 Å². The summed E-state index contributed by atoms with van der Waals surface area (Å²) in [5, 5.41) is 13.5. The van der Waals surface area contributed by atoms with Gasteiger partial charge < -0.3 is 20.0 Å². The number of para-hydroxylation sites is 1. The highest BCUT2D eigenvalue weighted by molar-refractivity contribution is 5.95. The highest BCUT2D eigenvalue weighted by Gasteiger charge is 2.26. The van der Waals surface area contributed by atoms with E-state index in [1.165, 1.54) is 6.07 Å². The SMILES string of the molecule is COc1c(F)c(F)c(C(=O)[O-])c(Nc2ccccc2C)c1F. The quantitative estimate of drug-likeness (QED) is 0.882. The number of rotatable bonds is 4. The molecular weight excluding hydrogens is 299 g/mol. The predicted molar refractivity (Wildman–Crippen MR) is 71.7 cm³/mol. The van der Waals surface area contributed by atoms with Crippen molar-refractivity contribution in [3.05, 3.63) is 52.8 Å². The van der Waals surface area contributed by atoms with Crippen LogP contribution in [0, 0.1) is 24.4 Å². The van der Waals surface area contributed by atoms with E-state index in [-0.39, 0.29) is 0 Å². The van der Waals surface area contributed by atoms with Gasteiger partial charge in [-0.05, 0) is 18.6 Å². The van der Waals surface area contributed by atoms with E-state index < -0.39 is 40.4 Å². The molecule has 0 unspecified atom stereocenters. The van der Waals surface area contributed by atoms with Crippen LogP contribution in [0.25, 0.3) is 0 Å². The third-order valence-corrected chi connectivity index (χ3v) is 3.09. The first kappa shape index (κ1) is 15.7. The van der Waals surface area contributed by atoms with Crippen molar-refractivity contribution in [2.45, 2.75) is 6.92 Å². The Morgan fingerprint density at radius 3 is 2.32 bits per heavy atom. The lowest BCUT2D eigenvalue weighted by molar-refractivity contribution is -0.255. The standard InChI is InChI=1S/C15H12F3NO3/c1-7-5-3-4-6-8(7)19-13-9(15(20)21)10(16)11(17)14(22-2)12(13)18/h3-6,19H,1-2H3,(H,20,21)/p-1. The van der Waals surface area contributed by atoms with Crippen molar-refractivity contribution in [2.75, 3.05) is 12.4 Å². The molecule has 0 saturated carbocycles. The molecule has 2 aromatic carbocycles. The molecule has 0 aliphatic heterocycles. The Hall–Kier alpha value is -2.70. The van der Waals surface area contributed by atoms with Gasteiger partial charge in [0.2, 0.25) is 5.82 Å². The van der Waals surface area contributed by atoms with E-state index in [4.69, 9.17) is 0 Å². The van der Waals surface area contributed by atoms with Crippen LogP contribution in [0.1, 0.15) is 15.9 Å². The molecule has 0 fully saturated rings. The summed E-state index contributed by atoms with van der Waals surface area (Å²) in [6.07, 6.45) is 0. The third-order valence-electron chi connectivity index (χ3n) is 3.09. The van der Waals surface area contributed by atoms with Crippen molar-refractivity contribution >= 4 is 17.3 Å². The molecule has 0 spiro atoms. The van der Waals surface area contributed by atoms with Gasteiger partial charge in [0.15, 0.2) is 17.4 Å². The molecule has 2 rings (SSSR count). The van der Waals surface area contributed by atoms with Gasteiger partial charge in [-0.25, -0.2) is 8.78 Å². The summed E-state index contributed by atoms with van der Waals surface area (Å²) in [4.78, 5) is 11.1. The van der Waals surface area contributed by atoms with Crippen molar-refractivity contribution in [3.63, 3.8) is 0 Å². The first-order valence-corrected chi connectivity index (χ1v) is 6.16. The summed E-state index contributed by atoms with van der Waals surface area (Å²) >= 11 is 0. The zero-order chi connectivity index (χ0) is 16.4. The van der Waals surface area contributed by atoms with Crippen LogP contribution in [0.5, 0.6) is 5.75 Å². The van der Waals surface area contributed by atoms with Crippen LogP contribution in [-0.2, 0) is 0 Å². The molecule has 0 aliphatic carbocycles. The van der Waals surface area contributed by atoms with E-state index in [0.717, 1.165) is 7.11 Å². The highest BCUT2D eigenvalue weighted by Crippen LogP contribution is 2.36. The van der Waals surface area contributed by atoms with Gasteiger partial charge in [-0.2, -0.15) is 4.39 Å². The number of aromatic carboxylic acids is 1. The van der Waals surface area contributed by atoms with Crippen LogP contribution in [0.15, 0.2) is 24.3 Å². The Bertz CT molecular complexity index is 747. The predicted octanol–water partition coefficient (Wildman–Crippen LogP) is 2.53. The van der Waals surface area contributed by atoms with Crippen molar-refractivity contribution in [1.29, 1.82) is 0 Å². The number of hydrogen-bond donors (Lipinski definition) is 1. The summed E-state index contributed by atoms with van der Waals surface area (Å²) in [7, 11) is 0.942. The molecule has 1 N–H and O–H groups in total. The van der Waals surface area contributed by atoms with Crippen molar-refractivity contribution in [2.24, 2.45) is 0 Å². The van der Waals surface area contributed by atoms with Crippen LogP contribution < -0.4 is 15.2 Å². The lowest BCUT2D eigenvalue weighted by atomic mass is 10.1. The van der Waals surface area contributed by atoms with Gasteiger partial charge in [-0.1, -0.05) is 18.2 Å². The summed E-state index contributed by atoms with van der Waals surface area (Å²) in [6.45, 7) is 1.68. The van der Waals surface area contributed by atoms with E-state index in [1.54, 1.807) is 25.1 Å². The normalized spacial score (nSPS) is 10.4. The molecule has 4 nitrogen and oxygen atoms in total. The van der Waals surface area contributed by atoms with Gasteiger partial charge in [-0.3, -0.25) is 0 Å². The fourth-order valence-corrected chi connectivity index (χ4v) is 1.97. The first-order chi connectivity index (χ1) is 10.4. The topological polar surface area (TPSA) is 61.4 Å². The van der Waals surface area contributed by atoms with E-state index in [9.17, 15) is 23.1 Å². The number of carbonyl (C=O) groups is 1. The van der Waals surface area contributed by atoms with E-state index in [1.807, 2.05) is 0 Å². The average Bonchev–Trinajstić information content (AvgIpc) is 2.47. The number of aryl methyl sites for hydroxylation is 1. The molecule has 0 bridgehead atoms. The summed E-state index contributed by atoms with van der Waals surface area (Å²) < 4.78 is 46.2. The molecule has 0 radical (unpaired) electrons. The maximum Gasteiger partial charge on any atom is 0.204 e. The monoisotopic (exact) mass is 310 g/mol.